The van der Waals surface area contributed by atoms with Crippen molar-refractivity contribution < 1.29 is 23.9 Å². The Bertz CT molecular complexity index is 518. The highest BCUT2D eigenvalue weighted by atomic mass is 16.6. The Labute approximate surface area is 162 Å². The molecule has 156 valence electrons. The van der Waals surface area contributed by atoms with E-state index >= 15 is 0 Å². The summed E-state index contributed by atoms with van der Waals surface area (Å²) in [6.45, 7) is 12.7. The first-order chi connectivity index (χ1) is 12.4. The molecule has 2 N–H and O–H groups in total. The first kappa shape index (κ1) is 23.0. The van der Waals surface area contributed by atoms with Gasteiger partial charge in [0, 0.05) is 19.6 Å². The van der Waals surface area contributed by atoms with Crippen LogP contribution in [0.15, 0.2) is 0 Å². The second-order valence-electron chi connectivity index (χ2n) is 8.80. The zero-order valence-corrected chi connectivity index (χ0v) is 17.5. The number of rotatable bonds is 7. The monoisotopic (exact) mass is 385 g/mol. The van der Waals surface area contributed by atoms with Crippen molar-refractivity contribution in [3.8, 4) is 0 Å². The molecule has 0 aromatic carbocycles. The van der Waals surface area contributed by atoms with Crippen LogP contribution in [0.4, 0.5) is 9.59 Å². The van der Waals surface area contributed by atoms with E-state index in [-0.39, 0.29) is 5.91 Å². The number of nitrogens with one attached hydrogen (secondary N) is 2. The van der Waals surface area contributed by atoms with E-state index in [0.29, 0.717) is 25.8 Å². The van der Waals surface area contributed by atoms with Gasteiger partial charge in [0.25, 0.3) is 0 Å². The van der Waals surface area contributed by atoms with Crippen molar-refractivity contribution in [2.45, 2.75) is 84.5 Å². The number of unbranched alkanes of at least 4 members (excludes halogenated alkanes) is 1. The third-order valence-electron chi connectivity index (χ3n) is 3.74. The van der Waals surface area contributed by atoms with E-state index in [1.165, 1.54) is 0 Å². The first-order valence-electron chi connectivity index (χ1n) is 9.62. The normalized spacial score (nSPS) is 15.4. The second kappa shape index (κ2) is 9.80. The van der Waals surface area contributed by atoms with Gasteiger partial charge in [-0.2, -0.15) is 0 Å². The fraction of sp³-hybridized carbons (Fsp3) is 0.842. The van der Waals surface area contributed by atoms with Gasteiger partial charge < -0.3 is 25.0 Å². The van der Waals surface area contributed by atoms with Crippen molar-refractivity contribution in [3.05, 3.63) is 0 Å². The smallest absolute Gasteiger partial charge is 0.408 e. The zero-order chi connectivity index (χ0) is 20.7. The molecule has 1 saturated heterocycles. The van der Waals surface area contributed by atoms with E-state index in [1.54, 1.807) is 46.4 Å². The Morgan fingerprint density at radius 1 is 0.926 bits per heavy atom. The van der Waals surface area contributed by atoms with Crippen molar-refractivity contribution in [2.24, 2.45) is 0 Å². The van der Waals surface area contributed by atoms with Gasteiger partial charge in [-0.3, -0.25) is 4.79 Å². The predicted molar refractivity (Wildman–Crippen MR) is 102 cm³/mol. The molecule has 1 aliphatic heterocycles. The lowest BCUT2D eigenvalue weighted by Crippen LogP contribution is -2.53. The molecule has 0 radical (unpaired) electrons. The molecule has 0 saturated carbocycles. The average Bonchev–Trinajstić information content (AvgIpc) is 2.39. The molecule has 0 bridgehead atoms. The van der Waals surface area contributed by atoms with Gasteiger partial charge in [0.15, 0.2) is 0 Å². The van der Waals surface area contributed by atoms with Crippen LogP contribution in [0.1, 0.15) is 67.2 Å². The molecule has 0 aliphatic carbocycles. The summed E-state index contributed by atoms with van der Waals surface area (Å²) in [6, 6.07) is -0.610. The SMILES string of the molecule is CC(C)(C)OC(=O)NCCCC[C@H](NC(=O)OC(C)(C)C)C(=O)N1CCC1. The summed E-state index contributed by atoms with van der Waals surface area (Å²) in [6.07, 6.45) is 1.79. The number of nitrogens with zero attached hydrogens (tertiary/aromatic N) is 1. The Hall–Kier alpha value is -1.99. The van der Waals surface area contributed by atoms with Crippen LogP contribution in [0.2, 0.25) is 0 Å². The number of amides is 3. The Morgan fingerprint density at radius 3 is 1.96 bits per heavy atom. The van der Waals surface area contributed by atoms with Crippen LogP contribution in [0.5, 0.6) is 0 Å². The topological polar surface area (TPSA) is 97.0 Å². The number of carbonyl (C=O) groups is 3. The lowest BCUT2D eigenvalue weighted by molar-refractivity contribution is -0.137. The van der Waals surface area contributed by atoms with Crippen LogP contribution in [0.25, 0.3) is 0 Å². The fourth-order valence-electron chi connectivity index (χ4n) is 2.44. The van der Waals surface area contributed by atoms with Gasteiger partial charge in [-0.15, -0.1) is 0 Å². The molecule has 8 nitrogen and oxygen atoms in total. The van der Waals surface area contributed by atoms with Gasteiger partial charge in [-0.25, -0.2) is 9.59 Å². The van der Waals surface area contributed by atoms with E-state index < -0.39 is 29.4 Å². The summed E-state index contributed by atoms with van der Waals surface area (Å²) in [5.74, 6) is -0.0767. The van der Waals surface area contributed by atoms with E-state index in [2.05, 4.69) is 10.6 Å². The van der Waals surface area contributed by atoms with E-state index in [4.69, 9.17) is 9.47 Å². The molecule has 27 heavy (non-hydrogen) atoms. The third-order valence-corrected chi connectivity index (χ3v) is 3.74. The molecule has 8 heteroatoms. The average molecular weight is 386 g/mol. The van der Waals surface area contributed by atoms with E-state index in [0.717, 1.165) is 19.5 Å². The number of alkyl carbamates (subject to hydrolysis) is 2. The van der Waals surface area contributed by atoms with Crippen LogP contribution in [0.3, 0.4) is 0 Å². The summed E-state index contributed by atoms with van der Waals surface area (Å²) in [7, 11) is 0. The molecular weight excluding hydrogens is 350 g/mol. The molecule has 1 rings (SSSR count). The lowest BCUT2D eigenvalue weighted by atomic mass is 10.1. The quantitative estimate of drug-likeness (QED) is 0.657. The van der Waals surface area contributed by atoms with Crippen molar-refractivity contribution in [1.82, 2.24) is 15.5 Å². The minimum atomic E-state index is -0.619. The Balaban J connectivity index is 2.41. The molecule has 0 spiro atoms. The molecule has 0 unspecified atom stereocenters. The van der Waals surface area contributed by atoms with Crippen LogP contribution in [-0.4, -0.2) is 59.9 Å². The van der Waals surface area contributed by atoms with Gasteiger partial charge in [0.2, 0.25) is 5.91 Å². The third kappa shape index (κ3) is 10.1. The molecule has 1 heterocycles. The van der Waals surface area contributed by atoms with Gasteiger partial charge in [0.05, 0.1) is 0 Å². The lowest BCUT2D eigenvalue weighted by Gasteiger charge is -2.34. The summed E-state index contributed by atoms with van der Waals surface area (Å²) in [5.41, 5.74) is -1.15. The van der Waals surface area contributed by atoms with Gasteiger partial charge in [0.1, 0.15) is 17.2 Å². The predicted octanol–water partition coefficient (Wildman–Crippen LogP) is 2.81. The fourth-order valence-corrected chi connectivity index (χ4v) is 2.44. The largest absolute Gasteiger partial charge is 0.444 e. The van der Waals surface area contributed by atoms with Crippen LogP contribution in [0, 0.1) is 0 Å². The molecular formula is C19H35N3O5. The van der Waals surface area contributed by atoms with E-state index in [9.17, 15) is 14.4 Å². The highest BCUT2D eigenvalue weighted by Gasteiger charge is 2.30. The second-order valence-corrected chi connectivity index (χ2v) is 8.80. The number of ether oxygens (including phenoxy) is 2. The minimum Gasteiger partial charge on any atom is -0.444 e. The molecule has 0 aromatic heterocycles. The minimum absolute atomic E-state index is 0.0767. The number of hydrogen-bond acceptors (Lipinski definition) is 5. The standard InChI is InChI=1S/C19H35N3O5/c1-18(2,3)26-16(24)20-11-8-7-10-14(15(23)22-12-9-13-22)21-17(25)27-19(4,5)6/h14H,7-13H2,1-6H3,(H,20,24)(H,21,25)/t14-/m0/s1. The number of likely N-dealkylation sites (tertiary alicyclic amines) is 1. The zero-order valence-electron chi connectivity index (χ0n) is 17.5. The molecule has 1 atom stereocenters. The summed E-state index contributed by atoms with van der Waals surface area (Å²) < 4.78 is 10.4. The van der Waals surface area contributed by atoms with E-state index in [1.807, 2.05) is 0 Å². The van der Waals surface area contributed by atoms with Crippen molar-refractivity contribution >= 4 is 18.1 Å². The maximum absolute atomic E-state index is 12.5. The first-order valence-corrected chi connectivity index (χ1v) is 9.62. The van der Waals surface area contributed by atoms with Gasteiger partial charge in [-0.1, -0.05) is 0 Å². The number of carbonyl (C=O) groups excluding carboxylic acids is 3. The summed E-state index contributed by atoms with van der Waals surface area (Å²) >= 11 is 0. The van der Waals surface area contributed by atoms with Gasteiger partial charge >= 0.3 is 12.2 Å². The highest BCUT2D eigenvalue weighted by Crippen LogP contribution is 2.13. The maximum atomic E-state index is 12.5. The van der Waals surface area contributed by atoms with Gasteiger partial charge in [-0.05, 0) is 67.2 Å². The van der Waals surface area contributed by atoms with Crippen LogP contribution in [-0.2, 0) is 14.3 Å². The van der Waals surface area contributed by atoms with Crippen molar-refractivity contribution in [2.75, 3.05) is 19.6 Å². The van der Waals surface area contributed by atoms with Crippen molar-refractivity contribution in [1.29, 1.82) is 0 Å². The Morgan fingerprint density at radius 2 is 1.48 bits per heavy atom. The number of hydrogen-bond donors (Lipinski definition) is 2. The molecule has 3 amide bonds. The molecule has 0 aromatic rings. The maximum Gasteiger partial charge on any atom is 0.408 e. The van der Waals surface area contributed by atoms with Crippen molar-refractivity contribution in [3.63, 3.8) is 0 Å². The summed E-state index contributed by atoms with van der Waals surface area (Å²) in [4.78, 5) is 37.9. The highest BCUT2D eigenvalue weighted by molar-refractivity contribution is 5.86. The Kier molecular flexibility index (Phi) is 8.37. The summed E-state index contributed by atoms with van der Waals surface area (Å²) in [5, 5.41) is 5.38. The molecule has 1 fully saturated rings. The van der Waals surface area contributed by atoms with Crippen LogP contribution < -0.4 is 10.6 Å². The van der Waals surface area contributed by atoms with Crippen LogP contribution >= 0.6 is 0 Å². The molecule has 1 aliphatic rings.